The molecule has 1 fully saturated rings. The van der Waals surface area contributed by atoms with Gasteiger partial charge in [0.15, 0.2) is 5.11 Å². The van der Waals surface area contributed by atoms with Crippen molar-refractivity contribution in [2.75, 3.05) is 44.3 Å². The first-order chi connectivity index (χ1) is 12.8. The van der Waals surface area contributed by atoms with E-state index in [1.807, 2.05) is 24.4 Å². The van der Waals surface area contributed by atoms with E-state index in [9.17, 15) is 0 Å². The minimum atomic E-state index is 0.724. The summed E-state index contributed by atoms with van der Waals surface area (Å²) in [5.74, 6) is 0. The quantitative estimate of drug-likeness (QED) is 0.597. The molecule has 0 spiro atoms. The molecule has 3 rings (SSSR count). The Balaban J connectivity index is 1.54. The standard InChI is InChI=1S/C20H26N4OS/c26-20(22-10-5-11-23-12-14-25-15-13-23)24(19-8-4-9-21-16-19)17-18-6-2-1-3-7-18/h1-4,6-9,16H,5,10-15,17H2,(H,22,26). The fourth-order valence-corrected chi connectivity index (χ4v) is 3.25. The second-order valence-electron chi connectivity index (χ2n) is 6.32. The third-order valence-corrected chi connectivity index (χ3v) is 4.78. The summed E-state index contributed by atoms with van der Waals surface area (Å²) in [5, 5.41) is 4.15. The Labute approximate surface area is 161 Å². The van der Waals surface area contributed by atoms with Gasteiger partial charge in [-0.25, -0.2) is 0 Å². The molecule has 6 heteroatoms. The summed E-state index contributed by atoms with van der Waals surface area (Å²) in [5.41, 5.74) is 2.22. The lowest BCUT2D eigenvalue weighted by Crippen LogP contribution is -2.41. The molecule has 26 heavy (non-hydrogen) atoms. The second-order valence-corrected chi connectivity index (χ2v) is 6.71. The molecule has 0 saturated carbocycles. The maximum atomic E-state index is 5.68. The Bertz CT molecular complexity index is 662. The highest BCUT2D eigenvalue weighted by atomic mass is 32.1. The molecule has 0 amide bonds. The predicted molar refractivity (Wildman–Crippen MR) is 109 cm³/mol. The molecule has 1 saturated heterocycles. The fourth-order valence-electron chi connectivity index (χ4n) is 2.98. The van der Waals surface area contributed by atoms with E-state index in [-0.39, 0.29) is 0 Å². The van der Waals surface area contributed by atoms with Gasteiger partial charge in [0.1, 0.15) is 0 Å². The van der Waals surface area contributed by atoms with Crippen molar-refractivity contribution in [1.29, 1.82) is 0 Å². The molecule has 1 aromatic carbocycles. The molecule has 2 aromatic rings. The van der Waals surface area contributed by atoms with Gasteiger partial charge in [0.25, 0.3) is 0 Å². The van der Waals surface area contributed by atoms with Gasteiger partial charge in [-0.1, -0.05) is 30.3 Å². The van der Waals surface area contributed by atoms with E-state index in [0.717, 1.165) is 63.2 Å². The van der Waals surface area contributed by atoms with Crippen LogP contribution in [-0.2, 0) is 11.3 Å². The molecule has 1 aliphatic rings. The second kappa shape index (κ2) is 10.2. The summed E-state index contributed by atoms with van der Waals surface area (Å²) in [6.45, 7) is 6.41. The number of ether oxygens (including phenoxy) is 1. The zero-order valence-corrected chi connectivity index (χ0v) is 15.8. The van der Waals surface area contributed by atoms with Crippen LogP contribution in [0.2, 0.25) is 0 Å². The van der Waals surface area contributed by atoms with E-state index in [4.69, 9.17) is 17.0 Å². The van der Waals surface area contributed by atoms with Crippen molar-refractivity contribution < 1.29 is 4.74 Å². The molecule has 0 atom stereocenters. The van der Waals surface area contributed by atoms with Gasteiger partial charge in [0.2, 0.25) is 0 Å². The van der Waals surface area contributed by atoms with Crippen LogP contribution >= 0.6 is 12.2 Å². The normalized spacial score (nSPS) is 14.8. The van der Waals surface area contributed by atoms with E-state index < -0.39 is 0 Å². The molecule has 1 aromatic heterocycles. The Kier molecular flexibility index (Phi) is 7.37. The summed E-state index contributed by atoms with van der Waals surface area (Å²) >= 11 is 5.68. The molecule has 0 aliphatic carbocycles. The summed E-state index contributed by atoms with van der Waals surface area (Å²) in [7, 11) is 0. The number of pyridine rings is 1. The zero-order chi connectivity index (χ0) is 18.0. The summed E-state index contributed by atoms with van der Waals surface area (Å²) in [6.07, 6.45) is 4.69. The van der Waals surface area contributed by atoms with Crippen LogP contribution in [-0.4, -0.2) is 54.4 Å². The van der Waals surface area contributed by atoms with Crippen LogP contribution in [0.25, 0.3) is 0 Å². The number of hydrogen-bond donors (Lipinski definition) is 1. The molecule has 1 N–H and O–H groups in total. The largest absolute Gasteiger partial charge is 0.379 e. The van der Waals surface area contributed by atoms with Crippen molar-refractivity contribution in [3.05, 3.63) is 60.4 Å². The molecule has 1 aliphatic heterocycles. The first-order valence-corrected chi connectivity index (χ1v) is 9.53. The smallest absolute Gasteiger partial charge is 0.173 e. The maximum Gasteiger partial charge on any atom is 0.173 e. The lowest BCUT2D eigenvalue weighted by atomic mass is 10.2. The van der Waals surface area contributed by atoms with E-state index in [2.05, 4.69) is 44.4 Å². The third-order valence-electron chi connectivity index (χ3n) is 4.42. The van der Waals surface area contributed by atoms with Crippen LogP contribution in [0.1, 0.15) is 12.0 Å². The van der Waals surface area contributed by atoms with Gasteiger partial charge >= 0.3 is 0 Å². The van der Waals surface area contributed by atoms with Gasteiger partial charge in [-0.3, -0.25) is 9.88 Å². The Morgan fingerprint density at radius 3 is 2.69 bits per heavy atom. The SMILES string of the molecule is S=C(NCCCN1CCOCC1)N(Cc1ccccc1)c1cccnc1. The Hall–Kier alpha value is -2.02. The van der Waals surface area contributed by atoms with Gasteiger partial charge < -0.3 is 15.0 Å². The number of aromatic nitrogens is 1. The number of rotatable bonds is 7. The number of nitrogens with one attached hydrogen (secondary N) is 1. The number of morpholine rings is 1. The number of hydrogen-bond acceptors (Lipinski definition) is 4. The summed E-state index contributed by atoms with van der Waals surface area (Å²) in [4.78, 5) is 8.78. The van der Waals surface area contributed by atoms with Crippen molar-refractivity contribution in [2.24, 2.45) is 0 Å². The number of benzene rings is 1. The highest BCUT2D eigenvalue weighted by molar-refractivity contribution is 7.80. The van der Waals surface area contributed by atoms with Crippen LogP contribution in [0.4, 0.5) is 5.69 Å². The average Bonchev–Trinajstić information content (AvgIpc) is 2.71. The number of thiocarbonyl (C=S) groups is 1. The van der Waals surface area contributed by atoms with Crippen molar-refractivity contribution in [1.82, 2.24) is 15.2 Å². The molecule has 0 unspecified atom stereocenters. The monoisotopic (exact) mass is 370 g/mol. The molecule has 2 heterocycles. The van der Waals surface area contributed by atoms with Crippen molar-refractivity contribution >= 4 is 23.0 Å². The van der Waals surface area contributed by atoms with Gasteiger partial charge in [-0.15, -0.1) is 0 Å². The topological polar surface area (TPSA) is 40.6 Å². The van der Waals surface area contributed by atoms with E-state index in [1.54, 1.807) is 6.20 Å². The van der Waals surface area contributed by atoms with Gasteiger partial charge in [0.05, 0.1) is 31.6 Å². The van der Waals surface area contributed by atoms with Crippen LogP contribution in [0, 0.1) is 0 Å². The lowest BCUT2D eigenvalue weighted by Gasteiger charge is -2.28. The first-order valence-electron chi connectivity index (χ1n) is 9.12. The molecule has 138 valence electrons. The highest BCUT2D eigenvalue weighted by Gasteiger charge is 2.13. The first kappa shape index (κ1) is 18.8. The van der Waals surface area contributed by atoms with Gasteiger partial charge in [-0.2, -0.15) is 0 Å². The average molecular weight is 371 g/mol. The third kappa shape index (κ3) is 5.76. The van der Waals surface area contributed by atoms with Crippen LogP contribution in [0.5, 0.6) is 0 Å². The molecular formula is C20H26N4OS. The molecule has 0 bridgehead atoms. The maximum absolute atomic E-state index is 5.68. The van der Waals surface area contributed by atoms with Crippen molar-refractivity contribution in [3.8, 4) is 0 Å². The van der Waals surface area contributed by atoms with E-state index in [1.165, 1.54) is 5.56 Å². The summed E-state index contributed by atoms with van der Waals surface area (Å²) < 4.78 is 5.39. The number of nitrogens with zero attached hydrogens (tertiary/aromatic N) is 3. The van der Waals surface area contributed by atoms with Gasteiger partial charge in [0, 0.05) is 25.8 Å². The zero-order valence-electron chi connectivity index (χ0n) is 15.0. The van der Waals surface area contributed by atoms with Crippen LogP contribution in [0.3, 0.4) is 0 Å². The van der Waals surface area contributed by atoms with Gasteiger partial charge in [-0.05, 0) is 42.9 Å². The highest BCUT2D eigenvalue weighted by Crippen LogP contribution is 2.16. The Morgan fingerprint density at radius 1 is 1.15 bits per heavy atom. The van der Waals surface area contributed by atoms with Crippen LogP contribution < -0.4 is 10.2 Å². The minimum Gasteiger partial charge on any atom is -0.379 e. The molecular weight excluding hydrogens is 344 g/mol. The molecule has 0 radical (unpaired) electrons. The Morgan fingerprint density at radius 2 is 1.96 bits per heavy atom. The van der Waals surface area contributed by atoms with Crippen molar-refractivity contribution in [2.45, 2.75) is 13.0 Å². The van der Waals surface area contributed by atoms with Crippen LogP contribution in [0.15, 0.2) is 54.9 Å². The fraction of sp³-hybridized carbons (Fsp3) is 0.400. The molecule has 5 nitrogen and oxygen atoms in total. The predicted octanol–water partition coefficient (Wildman–Crippen LogP) is 2.69. The lowest BCUT2D eigenvalue weighted by molar-refractivity contribution is 0.0376. The number of anilines is 1. The minimum absolute atomic E-state index is 0.724. The van der Waals surface area contributed by atoms with E-state index >= 15 is 0 Å². The van der Waals surface area contributed by atoms with Crippen molar-refractivity contribution in [3.63, 3.8) is 0 Å². The van der Waals surface area contributed by atoms with E-state index in [0.29, 0.717) is 0 Å². The summed E-state index contributed by atoms with van der Waals surface area (Å²) in [6, 6.07) is 14.3.